The molecule has 1 aromatic carbocycles. The van der Waals surface area contributed by atoms with Gasteiger partial charge in [-0.1, -0.05) is 19.8 Å². The zero-order valence-electron chi connectivity index (χ0n) is 16.3. The van der Waals surface area contributed by atoms with Crippen molar-refractivity contribution in [3.05, 3.63) is 23.8 Å². The van der Waals surface area contributed by atoms with E-state index in [1.807, 2.05) is 4.90 Å². The van der Waals surface area contributed by atoms with Crippen molar-refractivity contribution in [3.8, 4) is 5.75 Å². The van der Waals surface area contributed by atoms with Crippen LogP contribution in [0.2, 0.25) is 0 Å². The highest BCUT2D eigenvalue weighted by atomic mass is 32.2. The van der Waals surface area contributed by atoms with E-state index in [0.29, 0.717) is 43.4 Å². The van der Waals surface area contributed by atoms with Gasteiger partial charge in [-0.05, 0) is 49.8 Å². The molecule has 1 atom stereocenters. The van der Waals surface area contributed by atoms with Crippen molar-refractivity contribution in [2.24, 2.45) is 5.92 Å². The maximum Gasteiger partial charge on any atom is 0.257 e. The number of carbonyl (C=O) groups is 1. The van der Waals surface area contributed by atoms with E-state index in [9.17, 15) is 13.2 Å². The summed E-state index contributed by atoms with van der Waals surface area (Å²) in [5, 5.41) is 0. The zero-order valence-corrected chi connectivity index (χ0v) is 17.1. The summed E-state index contributed by atoms with van der Waals surface area (Å²) >= 11 is 0. The number of benzene rings is 1. The first kappa shape index (κ1) is 20.1. The topological polar surface area (TPSA) is 66.9 Å². The molecule has 0 N–H and O–H groups in total. The van der Waals surface area contributed by atoms with Crippen LogP contribution in [0, 0.1) is 5.92 Å². The van der Waals surface area contributed by atoms with Gasteiger partial charge in [-0.25, -0.2) is 8.42 Å². The largest absolute Gasteiger partial charge is 0.496 e. The molecule has 2 heterocycles. The number of carbonyl (C=O) groups excluding carboxylic acids is 1. The first-order valence-electron chi connectivity index (χ1n) is 9.91. The molecule has 27 heavy (non-hydrogen) atoms. The van der Waals surface area contributed by atoms with Crippen LogP contribution in [0.3, 0.4) is 0 Å². The maximum atomic E-state index is 13.1. The third-order valence-corrected chi connectivity index (χ3v) is 7.41. The Kier molecular flexibility index (Phi) is 6.42. The molecule has 1 aromatic rings. The van der Waals surface area contributed by atoms with Gasteiger partial charge in [0.2, 0.25) is 10.0 Å². The minimum absolute atomic E-state index is 0.141. The number of amides is 1. The molecule has 3 rings (SSSR count). The fourth-order valence-electron chi connectivity index (χ4n) is 3.97. The molecule has 1 unspecified atom stereocenters. The van der Waals surface area contributed by atoms with Crippen molar-refractivity contribution in [2.75, 3.05) is 33.3 Å². The van der Waals surface area contributed by atoms with E-state index in [2.05, 4.69) is 6.92 Å². The van der Waals surface area contributed by atoms with Gasteiger partial charge in [0.1, 0.15) is 5.75 Å². The number of hydrogen-bond acceptors (Lipinski definition) is 4. The van der Waals surface area contributed by atoms with Crippen LogP contribution in [-0.4, -0.2) is 56.8 Å². The number of ether oxygens (including phenoxy) is 1. The molecule has 1 amide bonds. The molecule has 0 aromatic heterocycles. The van der Waals surface area contributed by atoms with Crippen molar-refractivity contribution in [1.29, 1.82) is 0 Å². The highest BCUT2D eigenvalue weighted by Crippen LogP contribution is 2.29. The summed E-state index contributed by atoms with van der Waals surface area (Å²) in [6.45, 7) is 4.56. The normalized spacial score (nSPS) is 22.3. The van der Waals surface area contributed by atoms with Gasteiger partial charge in [-0.2, -0.15) is 4.31 Å². The van der Waals surface area contributed by atoms with Crippen molar-refractivity contribution < 1.29 is 17.9 Å². The first-order valence-corrected chi connectivity index (χ1v) is 11.3. The summed E-state index contributed by atoms with van der Waals surface area (Å²) in [6.07, 6.45) is 6.14. The van der Waals surface area contributed by atoms with Crippen LogP contribution in [0.25, 0.3) is 0 Å². The van der Waals surface area contributed by atoms with E-state index < -0.39 is 10.0 Å². The van der Waals surface area contributed by atoms with E-state index in [1.165, 1.54) is 13.2 Å². The van der Waals surface area contributed by atoms with Gasteiger partial charge in [-0.3, -0.25) is 4.79 Å². The summed E-state index contributed by atoms with van der Waals surface area (Å²) in [6, 6.07) is 4.65. The predicted molar refractivity (Wildman–Crippen MR) is 105 cm³/mol. The molecular weight excluding hydrogens is 364 g/mol. The third-order valence-electron chi connectivity index (χ3n) is 5.55. The number of methoxy groups -OCH3 is 1. The standard InChI is InChI=1S/C20H30N2O4S/c1-16-8-7-13-22(15-16)27(24,25)17-9-10-19(26-2)18(14-17)20(23)21-11-5-3-4-6-12-21/h9-10,14,16H,3-8,11-13,15H2,1-2H3. The molecule has 0 spiro atoms. The SMILES string of the molecule is COc1ccc(S(=O)(=O)N2CCCC(C)C2)cc1C(=O)N1CCCCCC1. The Hall–Kier alpha value is -1.60. The molecule has 2 saturated heterocycles. The third kappa shape index (κ3) is 4.46. The van der Waals surface area contributed by atoms with Crippen LogP contribution in [0.1, 0.15) is 55.8 Å². The van der Waals surface area contributed by atoms with Gasteiger partial charge in [-0.15, -0.1) is 0 Å². The summed E-state index contributed by atoms with van der Waals surface area (Å²) in [7, 11) is -2.10. The van der Waals surface area contributed by atoms with E-state index in [-0.39, 0.29) is 10.8 Å². The Labute approximate surface area is 162 Å². The Balaban J connectivity index is 1.91. The van der Waals surface area contributed by atoms with Crippen molar-refractivity contribution in [2.45, 2.75) is 50.3 Å². The second-order valence-corrected chi connectivity index (χ2v) is 9.62. The van der Waals surface area contributed by atoms with Crippen LogP contribution in [0.4, 0.5) is 0 Å². The van der Waals surface area contributed by atoms with Crippen LogP contribution < -0.4 is 4.74 Å². The molecule has 0 radical (unpaired) electrons. The lowest BCUT2D eigenvalue weighted by atomic mass is 10.0. The molecule has 2 fully saturated rings. The zero-order chi connectivity index (χ0) is 19.4. The van der Waals surface area contributed by atoms with E-state index in [1.54, 1.807) is 16.4 Å². The Bertz CT molecular complexity index is 770. The monoisotopic (exact) mass is 394 g/mol. The number of piperidine rings is 1. The average Bonchev–Trinajstić information content (AvgIpc) is 2.96. The lowest BCUT2D eigenvalue weighted by Crippen LogP contribution is -2.39. The van der Waals surface area contributed by atoms with Crippen molar-refractivity contribution in [3.63, 3.8) is 0 Å². The Morgan fingerprint density at radius 1 is 1.07 bits per heavy atom. The van der Waals surface area contributed by atoms with E-state index >= 15 is 0 Å². The van der Waals surface area contributed by atoms with Crippen LogP contribution in [0.5, 0.6) is 5.75 Å². The van der Waals surface area contributed by atoms with E-state index in [4.69, 9.17) is 4.74 Å². The Morgan fingerprint density at radius 2 is 1.78 bits per heavy atom. The highest BCUT2D eigenvalue weighted by molar-refractivity contribution is 7.89. The lowest BCUT2D eigenvalue weighted by Gasteiger charge is -2.30. The fourth-order valence-corrected chi connectivity index (χ4v) is 5.60. The molecule has 150 valence electrons. The van der Waals surface area contributed by atoms with Crippen molar-refractivity contribution >= 4 is 15.9 Å². The second-order valence-electron chi connectivity index (χ2n) is 7.68. The predicted octanol–water partition coefficient (Wildman–Crippen LogP) is 3.13. The molecule has 0 saturated carbocycles. The number of rotatable bonds is 4. The molecule has 2 aliphatic rings. The number of hydrogen-bond donors (Lipinski definition) is 0. The number of sulfonamides is 1. The van der Waals surface area contributed by atoms with Gasteiger partial charge in [0.25, 0.3) is 5.91 Å². The second kappa shape index (κ2) is 8.61. The fraction of sp³-hybridized carbons (Fsp3) is 0.650. The molecule has 2 aliphatic heterocycles. The average molecular weight is 395 g/mol. The highest BCUT2D eigenvalue weighted by Gasteiger charge is 2.30. The quantitative estimate of drug-likeness (QED) is 0.787. The van der Waals surface area contributed by atoms with E-state index in [0.717, 1.165) is 38.5 Å². The summed E-state index contributed by atoms with van der Waals surface area (Å²) in [5.74, 6) is 0.637. The van der Waals surface area contributed by atoms with Gasteiger partial charge in [0.15, 0.2) is 0 Å². The molecule has 6 nitrogen and oxygen atoms in total. The maximum absolute atomic E-state index is 13.1. The number of likely N-dealkylation sites (tertiary alicyclic amines) is 1. The van der Waals surface area contributed by atoms with Gasteiger partial charge >= 0.3 is 0 Å². The minimum Gasteiger partial charge on any atom is -0.496 e. The Morgan fingerprint density at radius 3 is 2.41 bits per heavy atom. The van der Waals surface area contributed by atoms with Crippen molar-refractivity contribution in [1.82, 2.24) is 9.21 Å². The minimum atomic E-state index is -3.61. The summed E-state index contributed by atoms with van der Waals surface area (Å²) in [4.78, 5) is 15.1. The van der Waals surface area contributed by atoms with Crippen LogP contribution in [0.15, 0.2) is 23.1 Å². The molecular formula is C20H30N2O4S. The van der Waals surface area contributed by atoms with Gasteiger partial charge in [0, 0.05) is 26.2 Å². The summed E-state index contributed by atoms with van der Waals surface area (Å²) < 4.78 is 33.1. The summed E-state index contributed by atoms with van der Waals surface area (Å²) in [5.41, 5.74) is 0.338. The van der Waals surface area contributed by atoms with Gasteiger partial charge < -0.3 is 9.64 Å². The first-order chi connectivity index (χ1) is 12.9. The lowest BCUT2D eigenvalue weighted by molar-refractivity contribution is 0.0758. The van der Waals surface area contributed by atoms with Crippen LogP contribution >= 0.6 is 0 Å². The molecule has 7 heteroatoms. The molecule has 0 bridgehead atoms. The van der Waals surface area contributed by atoms with Crippen LogP contribution in [-0.2, 0) is 10.0 Å². The number of nitrogens with zero attached hydrogens (tertiary/aromatic N) is 2. The smallest absolute Gasteiger partial charge is 0.257 e. The van der Waals surface area contributed by atoms with Gasteiger partial charge in [0.05, 0.1) is 17.6 Å². The molecule has 0 aliphatic carbocycles.